The average molecular weight is 332 g/mol. The molecule has 2 aliphatic rings. The summed E-state index contributed by atoms with van der Waals surface area (Å²) in [5.41, 5.74) is 1.22. The molecule has 4 rings (SSSR count). The predicted molar refractivity (Wildman–Crippen MR) is 88.5 cm³/mol. The number of hydrogen-bond donors (Lipinski definition) is 0. The van der Waals surface area contributed by atoms with E-state index in [2.05, 4.69) is 27.0 Å². The van der Waals surface area contributed by atoms with Crippen molar-refractivity contribution in [3.8, 4) is 11.5 Å². The monoisotopic (exact) mass is 331 g/mol. The SMILES string of the molecule is Cc1nc(Cl)cc(N2CCCC2c2ccc3c(c2)OCCO3)n1. The summed E-state index contributed by atoms with van der Waals surface area (Å²) in [6.07, 6.45) is 2.21. The number of halogens is 1. The third kappa shape index (κ3) is 2.81. The Morgan fingerprint density at radius 3 is 2.78 bits per heavy atom. The summed E-state index contributed by atoms with van der Waals surface area (Å²) >= 11 is 6.10. The molecule has 120 valence electrons. The number of ether oxygens (including phenoxy) is 2. The highest BCUT2D eigenvalue weighted by Gasteiger charge is 2.28. The van der Waals surface area contributed by atoms with Crippen LogP contribution in [-0.4, -0.2) is 29.7 Å². The zero-order valence-electron chi connectivity index (χ0n) is 13.0. The van der Waals surface area contributed by atoms with Gasteiger partial charge >= 0.3 is 0 Å². The molecule has 1 saturated heterocycles. The van der Waals surface area contributed by atoms with Gasteiger partial charge in [-0.15, -0.1) is 0 Å². The van der Waals surface area contributed by atoms with Crippen molar-refractivity contribution in [2.24, 2.45) is 0 Å². The largest absolute Gasteiger partial charge is 0.486 e. The molecule has 1 fully saturated rings. The first-order valence-corrected chi connectivity index (χ1v) is 8.26. The Morgan fingerprint density at radius 2 is 1.96 bits per heavy atom. The molecule has 2 aromatic rings. The fourth-order valence-electron chi connectivity index (χ4n) is 3.32. The highest BCUT2D eigenvalue weighted by Crippen LogP contribution is 2.39. The maximum Gasteiger partial charge on any atom is 0.161 e. The van der Waals surface area contributed by atoms with E-state index in [9.17, 15) is 0 Å². The van der Waals surface area contributed by atoms with Gasteiger partial charge in [0.1, 0.15) is 30.0 Å². The van der Waals surface area contributed by atoms with E-state index in [0.717, 1.165) is 36.7 Å². The van der Waals surface area contributed by atoms with Gasteiger partial charge in [0.15, 0.2) is 11.5 Å². The van der Waals surface area contributed by atoms with Gasteiger partial charge in [0.2, 0.25) is 0 Å². The molecule has 1 aromatic heterocycles. The number of aryl methyl sites for hydroxylation is 1. The molecule has 0 amide bonds. The maximum absolute atomic E-state index is 6.10. The van der Waals surface area contributed by atoms with E-state index in [4.69, 9.17) is 21.1 Å². The first kappa shape index (κ1) is 14.6. The van der Waals surface area contributed by atoms with Crippen LogP contribution in [0, 0.1) is 6.92 Å². The first-order valence-electron chi connectivity index (χ1n) is 7.88. The van der Waals surface area contributed by atoms with E-state index in [0.29, 0.717) is 24.2 Å². The zero-order chi connectivity index (χ0) is 15.8. The summed E-state index contributed by atoms with van der Waals surface area (Å²) in [5.74, 6) is 3.24. The smallest absolute Gasteiger partial charge is 0.161 e. The highest BCUT2D eigenvalue weighted by atomic mass is 35.5. The van der Waals surface area contributed by atoms with Crippen molar-refractivity contribution >= 4 is 17.4 Å². The Morgan fingerprint density at radius 1 is 1.13 bits per heavy atom. The van der Waals surface area contributed by atoms with Crippen LogP contribution in [0.3, 0.4) is 0 Å². The maximum atomic E-state index is 6.10. The van der Waals surface area contributed by atoms with E-state index in [1.54, 1.807) is 0 Å². The molecule has 23 heavy (non-hydrogen) atoms. The molecule has 0 N–H and O–H groups in total. The third-order valence-corrected chi connectivity index (χ3v) is 4.48. The number of nitrogens with zero attached hydrogens (tertiary/aromatic N) is 3. The second-order valence-electron chi connectivity index (χ2n) is 5.85. The lowest BCUT2D eigenvalue weighted by atomic mass is 10.0. The van der Waals surface area contributed by atoms with Crippen molar-refractivity contribution in [1.29, 1.82) is 0 Å². The first-order chi connectivity index (χ1) is 11.2. The van der Waals surface area contributed by atoms with Crippen molar-refractivity contribution in [3.63, 3.8) is 0 Å². The van der Waals surface area contributed by atoms with Crippen molar-refractivity contribution in [2.75, 3.05) is 24.7 Å². The topological polar surface area (TPSA) is 47.5 Å². The van der Waals surface area contributed by atoms with Gasteiger partial charge in [-0.2, -0.15) is 0 Å². The minimum atomic E-state index is 0.274. The molecule has 3 heterocycles. The summed E-state index contributed by atoms with van der Waals surface area (Å²) in [7, 11) is 0. The van der Waals surface area contributed by atoms with Gasteiger partial charge < -0.3 is 14.4 Å². The summed E-state index contributed by atoms with van der Waals surface area (Å²) in [4.78, 5) is 11.0. The zero-order valence-corrected chi connectivity index (χ0v) is 13.7. The molecule has 0 aliphatic carbocycles. The Balaban J connectivity index is 1.67. The quantitative estimate of drug-likeness (QED) is 0.788. The van der Waals surface area contributed by atoms with Crippen LogP contribution in [0.15, 0.2) is 24.3 Å². The van der Waals surface area contributed by atoms with E-state index in [-0.39, 0.29) is 6.04 Å². The van der Waals surface area contributed by atoms with Gasteiger partial charge in [0.05, 0.1) is 6.04 Å². The van der Waals surface area contributed by atoms with Crippen LogP contribution in [0.4, 0.5) is 5.82 Å². The Hall–Kier alpha value is -2.01. The van der Waals surface area contributed by atoms with Gasteiger partial charge in [-0.25, -0.2) is 9.97 Å². The summed E-state index contributed by atoms with van der Waals surface area (Å²) < 4.78 is 11.3. The van der Waals surface area contributed by atoms with Crippen LogP contribution < -0.4 is 14.4 Å². The molecule has 1 unspecified atom stereocenters. The molecule has 2 aliphatic heterocycles. The van der Waals surface area contributed by atoms with Gasteiger partial charge in [-0.05, 0) is 37.5 Å². The van der Waals surface area contributed by atoms with E-state index in [1.165, 1.54) is 5.56 Å². The highest BCUT2D eigenvalue weighted by molar-refractivity contribution is 6.29. The van der Waals surface area contributed by atoms with Crippen LogP contribution in [-0.2, 0) is 0 Å². The number of rotatable bonds is 2. The van der Waals surface area contributed by atoms with E-state index >= 15 is 0 Å². The van der Waals surface area contributed by atoms with Crippen LogP contribution in [0.2, 0.25) is 5.15 Å². The molecule has 0 radical (unpaired) electrons. The normalized spacial score (nSPS) is 19.9. The van der Waals surface area contributed by atoms with E-state index < -0.39 is 0 Å². The number of fused-ring (bicyclic) bond motifs is 1. The minimum absolute atomic E-state index is 0.274. The molecule has 5 nitrogen and oxygen atoms in total. The molecule has 0 saturated carbocycles. The standard InChI is InChI=1S/C17H18ClN3O2/c1-11-19-16(18)10-17(20-11)21-6-2-3-13(21)12-4-5-14-15(9-12)23-8-7-22-14/h4-5,9-10,13H,2-3,6-8H2,1H3. The minimum Gasteiger partial charge on any atom is -0.486 e. The van der Waals surface area contributed by atoms with Crippen molar-refractivity contribution < 1.29 is 9.47 Å². The Bertz CT molecular complexity index is 718. The van der Waals surface area contributed by atoms with Gasteiger partial charge in [0.25, 0.3) is 0 Å². The van der Waals surface area contributed by atoms with Gasteiger partial charge in [-0.1, -0.05) is 17.7 Å². The van der Waals surface area contributed by atoms with Gasteiger partial charge in [-0.3, -0.25) is 0 Å². The lowest BCUT2D eigenvalue weighted by molar-refractivity contribution is 0.171. The number of hydrogen-bond acceptors (Lipinski definition) is 5. The van der Waals surface area contributed by atoms with Crippen LogP contribution >= 0.6 is 11.6 Å². The molecular weight excluding hydrogens is 314 g/mol. The fraction of sp³-hybridized carbons (Fsp3) is 0.412. The summed E-state index contributed by atoms with van der Waals surface area (Å²) in [6, 6.07) is 8.32. The third-order valence-electron chi connectivity index (χ3n) is 4.29. The van der Waals surface area contributed by atoms with Crippen molar-refractivity contribution in [2.45, 2.75) is 25.8 Å². The lowest BCUT2D eigenvalue weighted by Crippen LogP contribution is -2.24. The van der Waals surface area contributed by atoms with Crippen LogP contribution in [0.1, 0.15) is 30.3 Å². The van der Waals surface area contributed by atoms with E-state index in [1.807, 2.05) is 19.1 Å². The Labute approximate surface area is 140 Å². The lowest BCUT2D eigenvalue weighted by Gasteiger charge is -2.27. The van der Waals surface area contributed by atoms with Crippen molar-refractivity contribution in [3.05, 3.63) is 40.8 Å². The number of benzene rings is 1. The second kappa shape index (κ2) is 5.89. The molecule has 0 bridgehead atoms. The molecule has 1 aromatic carbocycles. The summed E-state index contributed by atoms with van der Waals surface area (Å²) in [5, 5.41) is 0.486. The second-order valence-corrected chi connectivity index (χ2v) is 6.24. The number of aromatic nitrogens is 2. The molecule has 0 spiro atoms. The molecule has 1 atom stereocenters. The predicted octanol–water partition coefficient (Wildman–Crippen LogP) is 3.55. The van der Waals surface area contributed by atoms with Crippen LogP contribution in [0.5, 0.6) is 11.5 Å². The van der Waals surface area contributed by atoms with Crippen molar-refractivity contribution in [1.82, 2.24) is 9.97 Å². The van der Waals surface area contributed by atoms with Gasteiger partial charge in [0, 0.05) is 12.6 Å². The summed E-state index contributed by atoms with van der Waals surface area (Å²) in [6.45, 7) is 4.04. The molecular formula is C17H18ClN3O2. The fourth-order valence-corrected chi connectivity index (χ4v) is 3.54. The van der Waals surface area contributed by atoms with Crippen LogP contribution in [0.25, 0.3) is 0 Å². The average Bonchev–Trinajstić information content (AvgIpc) is 3.03. The number of anilines is 1. The molecule has 6 heteroatoms. The Kier molecular flexibility index (Phi) is 3.73.